The molecule has 2 rings (SSSR count). The Hall–Kier alpha value is -1.73. The van der Waals surface area contributed by atoms with Crippen molar-refractivity contribution >= 4 is 17.3 Å². The van der Waals surface area contributed by atoms with Gasteiger partial charge in [0.15, 0.2) is 0 Å². The molecule has 104 valence electrons. The molecule has 0 spiro atoms. The third-order valence-electron chi connectivity index (χ3n) is 3.15. The highest BCUT2D eigenvalue weighted by Gasteiger charge is 2.09. The molecule has 0 heterocycles. The molecule has 1 N–H and O–H groups in total. The van der Waals surface area contributed by atoms with Crippen LogP contribution in [0.3, 0.4) is 0 Å². The van der Waals surface area contributed by atoms with Crippen LogP contribution < -0.4 is 5.32 Å². The van der Waals surface area contributed by atoms with Gasteiger partial charge in [-0.3, -0.25) is 0 Å². The molecule has 0 aliphatic rings. The Morgan fingerprint density at radius 1 is 1.05 bits per heavy atom. The lowest BCUT2D eigenvalue weighted by Gasteiger charge is -2.19. The summed E-state index contributed by atoms with van der Waals surface area (Å²) < 4.78 is 0. The van der Waals surface area contributed by atoms with E-state index in [0.29, 0.717) is 0 Å². The Kier molecular flexibility index (Phi) is 5.25. The van der Waals surface area contributed by atoms with Crippen molar-refractivity contribution in [1.29, 1.82) is 0 Å². The first-order valence-corrected chi connectivity index (χ1v) is 7.23. The van der Waals surface area contributed by atoms with Gasteiger partial charge in [0.25, 0.3) is 0 Å². The lowest BCUT2D eigenvalue weighted by molar-refractivity contribution is 0.793. The van der Waals surface area contributed by atoms with E-state index in [1.54, 1.807) is 0 Å². The van der Waals surface area contributed by atoms with Gasteiger partial charge in [-0.05, 0) is 50.1 Å². The average Bonchev–Trinajstić information content (AvgIpc) is 2.46. The summed E-state index contributed by atoms with van der Waals surface area (Å²) in [6, 6.07) is 18.6. The van der Waals surface area contributed by atoms with Crippen LogP contribution in [0, 0.1) is 0 Å². The van der Waals surface area contributed by atoms with E-state index in [9.17, 15) is 0 Å². The third kappa shape index (κ3) is 4.43. The average molecular weight is 286 g/mol. The van der Waals surface area contributed by atoms with Gasteiger partial charge in [0.05, 0.1) is 6.04 Å². The Morgan fingerprint density at radius 3 is 2.30 bits per heavy atom. The number of nitrogens with one attached hydrogen (secondary N) is 1. The number of halogens is 1. The van der Waals surface area contributed by atoms with Gasteiger partial charge in [-0.2, -0.15) is 0 Å². The molecule has 2 heteroatoms. The Morgan fingerprint density at radius 2 is 1.70 bits per heavy atom. The first-order valence-electron chi connectivity index (χ1n) is 6.85. The van der Waals surface area contributed by atoms with Gasteiger partial charge in [0.1, 0.15) is 0 Å². The van der Waals surface area contributed by atoms with E-state index in [1.807, 2.05) is 30.3 Å². The summed E-state index contributed by atoms with van der Waals surface area (Å²) in [4.78, 5) is 0. The zero-order valence-corrected chi connectivity index (χ0v) is 12.7. The van der Waals surface area contributed by atoms with E-state index in [1.165, 1.54) is 11.1 Å². The number of hydrogen-bond donors (Lipinski definition) is 1. The molecule has 1 nitrogen and oxygen atoms in total. The highest BCUT2D eigenvalue weighted by atomic mass is 35.5. The quantitative estimate of drug-likeness (QED) is 0.680. The normalized spacial score (nSPS) is 11.8. The maximum Gasteiger partial charge on any atom is 0.0548 e. The largest absolute Gasteiger partial charge is 0.378 e. The van der Waals surface area contributed by atoms with Gasteiger partial charge in [-0.15, -0.1) is 0 Å². The van der Waals surface area contributed by atoms with E-state index in [4.69, 9.17) is 11.6 Å². The summed E-state index contributed by atoms with van der Waals surface area (Å²) in [5, 5.41) is 4.33. The van der Waals surface area contributed by atoms with Crippen molar-refractivity contribution in [2.75, 3.05) is 5.32 Å². The number of hydrogen-bond acceptors (Lipinski definition) is 1. The van der Waals surface area contributed by atoms with E-state index in [0.717, 1.165) is 17.1 Å². The summed E-state index contributed by atoms with van der Waals surface area (Å²) in [6.45, 7) is 4.26. The van der Waals surface area contributed by atoms with Crippen molar-refractivity contribution in [3.8, 4) is 0 Å². The predicted molar refractivity (Wildman–Crippen MR) is 88.3 cm³/mol. The molecule has 0 saturated carbocycles. The van der Waals surface area contributed by atoms with E-state index in [2.05, 4.69) is 49.5 Å². The molecular formula is C18H20ClN. The van der Waals surface area contributed by atoms with Crippen LogP contribution in [0.5, 0.6) is 0 Å². The number of rotatable bonds is 5. The van der Waals surface area contributed by atoms with Crippen molar-refractivity contribution in [3.05, 3.63) is 76.8 Å². The zero-order valence-electron chi connectivity index (χ0n) is 11.9. The Balaban J connectivity index is 2.18. The Labute approximate surface area is 126 Å². The standard InChI is InChI=1S/C18H20ClN/c1-14(2)8-13-18(15-6-4-3-5-7-15)20-17-11-9-16(19)10-12-17/h3-12,18,20H,13H2,1-2H3. The molecule has 0 fully saturated rings. The molecule has 0 amide bonds. The summed E-state index contributed by atoms with van der Waals surface area (Å²) in [5.41, 5.74) is 3.72. The molecule has 0 aliphatic carbocycles. The number of allylic oxidation sites excluding steroid dienone is 1. The SMILES string of the molecule is CC(C)=CCC(Nc1ccc(Cl)cc1)c1ccccc1. The molecule has 0 radical (unpaired) electrons. The molecule has 20 heavy (non-hydrogen) atoms. The van der Waals surface area contributed by atoms with Gasteiger partial charge in [-0.1, -0.05) is 53.6 Å². The first-order chi connectivity index (χ1) is 9.65. The second-order valence-electron chi connectivity index (χ2n) is 5.13. The molecule has 2 aromatic carbocycles. The summed E-state index contributed by atoms with van der Waals surface area (Å²) in [6.07, 6.45) is 3.23. The van der Waals surface area contributed by atoms with Crippen LogP contribution in [0.2, 0.25) is 5.02 Å². The van der Waals surface area contributed by atoms with Crippen LogP contribution >= 0.6 is 11.6 Å². The Bertz CT molecular complexity index is 554. The summed E-state index contributed by atoms with van der Waals surface area (Å²) >= 11 is 5.93. The minimum Gasteiger partial charge on any atom is -0.378 e. The molecule has 0 bridgehead atoms. The minimum absolute atomic E-state index is 0.271. The van der Waals surface area contributed by atoms with Crippen molar-refractivity contribution < 1.29 is 0 Å². The van der Waals surface area contributed by atoms with E-state index >= 15 is 0 Å². The van der Waals surface area contributed by atoms with Crippen LogP contribution in [0.15, 0.2) is 66.2 Å². The summed E-state index contributed by atoms with van der Waals surface area (Å²) in [5.74, 6) is 0. The lowest BCUT2D eigenvalue weighted by atomic mass is 10.0. The second kappa shape index (κ2) is 7.16. The van der Waals surface area contributed by atoms with Crippen molar-refractivity contribution in [3.63, 3.8) is 0 Å². The monoisotopic (exact) mass is 285 g/mol. The third-order valence-corrected chi connectivity index (χ3v) is 3.40. The molecule has 0 saturated heterocycles. The highest BCUT2D eigenvalue weighted by molar-refractivity contribution is 6.30. The number of anilines is 1. The van der Waals surface area contributed by atoms with Gasteiger partial charge >= 0.3 is 0 Å². The molecule has 1 unspecified atom stereocenters. The molecule has 0 aromatic heterocycles. The van der Waals surface area contributed by atoms with Crippen LogP contribution in [0.4, 0.5) is 5.69 Å². The van der Waals surface area contributed by atoms with Gasteiger partial charge in [0.2, 0.25) is 0 Å². The smallest absolute Gasteiger partial charge is 0.0548 e. The maximum atomic E-state index is 5.93. The van der Waals surface area contributed by atoms with Gasteiger partial charge in [-0.25, -0.2) is 0 Å². The fraction of sp³-hybridized carbons (Fsp3) is 0.222. The summed E-state index contributed by atoms with van der Waals surface area (Å²) in [7, 11) is 0. The topological polar surface area (TPSA) is 12.0 Å². The van der Waals surface area contributed by atoms with Crippen molar-refractivity contribution in [1.82, 2.24) is 0 Å². The van der Waals surface area contributed by atoms with Crippen molar-refractivity contribution in [2.24, 2.45) is 0 Å². The maximum absolute atomic E-state index is 5.93. The zero-order chi connectivity index (χ0) is 14.4. The minimum atomic E-state index is 0.271. The highest BCUT2D eigenvalue weighted by Crippen LogP contribution is 2.24. The lowest BCUT2D eigenvalue weighted by Crippen LogP contribution is -2.10. The number of benzene rings is 2. The predicted octanol–water partition coefficient (Wildman–Crippen LogP) is 5.85. The van der Waals surface area contributed by atoms with Gasteiger partial charge < -0.3 is 5.32 Å². The van der Waals surface area contributed by atoms with Crippen LogP contribution in [-0.2, 0) is 0 Å². The molecule has 0 aliphatic heterocycles. The van der Waals surface area contributed by atoms with Crippen LogP contribution in [-0.4, -0.2) is 0 Å². The fourth-order valence-electron chi connectivity index (χ4n) is 2.06. The molecular weight excluding hydrogens is 266 g/mol. The second-order valence-corrected chi connectivity index (χ2v) is 5.57. The molecule has 2 aromatic rings. The van der Waals surface area contributed by atoms with Crippen molar-refractivity contribution in [2.45, 2.75) is 26.3 Å². The van der Waals surface area contributed by atoms with Crippen LogP contribution in [0.1, 0.15) is 31.9 Å². The van der Waals surface area contributed by atoms with Crippen LogP contribution in [0.25, 0.3) is 0 Å². The van der Waals surface area contributed by atoms with E-state index in [-0.39, 0.29) is 6.04 Å². The molecule has 1 atom stereocenters. The first kappa shape index (κ1) is 14.7. The van der Waals surface area contributed by atoms with E-state index < -0.39 is 0 Å². The van der Waals surface area contributed by atoms with Gasteiger partial charge in [0, 0.05) is 10.7 Å². The fourth-order valence-corrected chi connectivity index (χ4v) is 2.19.